The van der Waals surface area contributed by atoms with E-state index in [-0.39, 0.29) is 18.3 Å². The molecule has 2 aromatic carbocycles. The van der Waals surface area contributed by atoms with Crippen molar-refractivity contribution in [3.63, 3.8) is 0 Å². The topological polar surface area (TPSA) is 108 Å². The number of aromatic nitrogens is 2. The number of carbonyl (C=O) groups is 2. The maximum Gasteiger partial charge on any atom is 0.324 e. The van der Waals surface area contributed by atoms with Crippen molar-refractivity contribution >= 4 is 53.1 Å². The van der Waals surface area contributed by atoms with Gasteiger partial charge in [-0.1, -0.05) is 11.6 Å². The number of ether oxygens (including phenoxy) is 1. The number of anilines is 3. The van der Waals surface area contributed by atoms with Crippen molar-refractivity contribution in [1.82, 2.24) is 15.3 Å². The van der Waals surface area contributed by atoms with E-state index in [1.807, 2.05) is 25.1 Å². The number of halogens is 2. The van der Waals surface area contributed by atoms with Crippen molar-refractivity contribution in [1.29, 1.82) is 0 Å². The smallest absolute Gasteiger partial charge is 0.324 e. The molecule has 9 nitrogen and oxygen atoms in total. The number of urea groups is 1. The average molecular weight is 545 g/mol. The lowest BCUT2D eigenvalue weighted by Gasteiger charge is -2.20. The Morgan fingerprint density at radius 1 is 1.03 bits per heavy atom. The third-order valence-corrected chi connectivity index (χ3v) is 5.93. The SMILES string of the molecule is Cc1cnc(NC(=O)Nc2ccc(N3CCCC3)cc2OCCCNC(=O)c2ccc(Cl)cc2)cn1.Cl. The van der Waals surface area contributed by atoms with E-state index in [4.69, 9.17) is 16.3 Å². The third-order valence-electron chi connectivity index (χ3n) is 5.68. The van der Waals surface area contributed by atoms with Crippen molar-refractivity contribution in [3.05, 3.63) is 71.1 Å². The molecule has 0 spiro atoms. The Kier molecular flexibility index (Phi) is 10.3. The van der Waals surface area contributed by atoms with Crippen LogP contribution in [0.2, 0.25) is 5.02 Å². The number of rotatable bonds is 9. The molecule has 4 rings (SSSR count). The van der Waals surface area contributed by atoms with Gasteiger partial charge in [0, 0.05) is 42.0 Å². The second-order valence-corrected chi connectivity index (χ2v) is 8.90. The molecule has 11 heteroatoms. The zero-order valence-electron chi connectivity index (χ0n) is 20.5. The second kappa shape index (κ2) is 13.7. The predicted octanol–water partition coefficient (Wildman–Crippen LogP) is 5.30. The van der Waals surface area contributed by atoms with Gasteiger partial charge in [0.15, 0.2) is 5.82 Å². The summed E-state index contributed by atoms with van der Waals surface area (Å²) in [6, 6.07) is 12.1. The van der Waals surface area contributed by atoms with E-state index >= 15 is 0 Å². The summed E-state index contributed by atoms with van der Waals surface area (Å²) in [5.74, 6) is 0.750. The van der Waals surface area contributed by atoms with E-state index in [0.717, 1.165) is 37.3 Å². The molecule has 3 N–H and O–H groups in total. The molecule has 1 aliphatic rings. The standard InChI is InChI=1S/C26H29ClN6O3.ClH/c1-18-16-30-24(17-29-18)32-26(35)31-22-10-9-21(33-12-2-3-13-33)15-23(22)36-14-4-11-28-25(34)19-5-7-20(27)8-6-19;/h5-10,15-17H,2-4,11-14H2,1H3,(H,28,34)(H2,30,31,32,35);1H. The van der Waals surface area contributed by atoms with Crippen molar-refractivity contribution in [3.8, 4) is 5.75 Å². The first-order valence-electron chi connectivity index (χ1n) is 11.9. The van der Waals surface area contributed by atoms with Crippen LogP contribution in [0.4, 0.5) is 22.0 Å². The number of nitrogens with one attached hydrogen (secondary N) is 3. The Hall–Kier alpha value is -3.56. The highest BCUT2D eigenvalue weighted by Crippen LogP contribution is 2.32. The number of aryl methyl sites for hydroxylation is 1. The number of benzene rings is 2. The van der Waals surface area contributed by atoms with Crippen LogP contribution in [0.5, 0.6) is 5.75 Å². The highest BCUT2D eigenvalue weighted by molar-refractivity contribution is 6.30. The van der Waals surface area contributed by atoms with Crippen LogP contribution in [-0.2, 0) is 0 Å². The van der Waals surface area contributed by atoms with Crippen LogP contribution >= 0.6 is 24.0 Å². The van der Waals surface area contributed by atoms with Gasteiger partial charge in [0.05, 0.1) is 30.4 Å². The molecule has 1 saturated heterocycles. The van der Waals surface area contributed by atoms with Gasteiger partial charge in [-0.25, -0.2) is 9.78 Å². The molecule has 0 aliphatic carbocycles. The summed E-state index contributed by atoms with van der Waals surface area (Å²) in [5, 5.41) is 8.97. The maximum absolute atomic E-state index is 12.6. The van der Waals surface area contributed by atoms with Crippen LogP contribution in [0, 0.1) is 6.92 Å². The molecule has 1 aromatic heterocycles. The fourth-order valence-electron chi connectivity index (χ4n) is 3.79. The number of carbonyl (C=O) groups excluding carboxylic acids is 2. The molecule has 0 saturated carbocycles. The van der Waals surface area contributed by atoms with Gasteiger partial charge >= 0.3 is 6.03 Å². The van der Waals surface area contributed by atoms with Gasteiger partial charge in [-0.3, -0.25) is 15.1 Å². The Balaban J connectivity index is 0.00000380. The largest absolute Gasteiger partial charge is 0.491 e. The first-order chi connectivity index (χ1) is 17.5. The number of hydrogen-bond donors (Lipinski definition) is 3. The van der Waals surface area contributed by atoms with E-state index in [0.29, 0.717) is 47.4 Å². The molecule has 196 valence electrons. The molecule has 1 fully saturated rings. The highest BCUT2D eigenvalue weighted by atomic mass is 35.5. The first-order valence-corrected chi connectivity index (χ1v) is 12.3. The van der Waals surface area contributed by atoms with Crippen LogP contribution in [-0.4, -0.2) is 48.1 Å². The fraction of sp³-hybridized carbons (Fsp3) is 0.308. The zero-order valence-corrected chi connectivity index (χ0v) is 22.1. The van der Waals surface area contributed by atoms with Gasteiger partial charge in [-0.2, -0.15) is 0 Å². The van der Waals surface area contributed by atoms with Crippen molar-refractivity contribution in [2.75, 3.05) is 41.8 Å². The van der Waals surface area contributed by atoms with E-state index in [1.54, 1.807) is 30.5 Å². The lowest BCUT2D eigenvalue weighted by molar-refractivity contribution is 0.0951. The Bertz CT molecular complexity index is 1190. The van der Waals surface area contributed by atoms with E-state index in [2.05, 4.69) is 30.8 Å². The molecule has 1 aliphatic heterocycles. The quantitative estimate of drug-likeness (QED) is 0.315. The number of amides is 3. The van der Waals surface area contributed by atoms with Gasteiger partial charge in [-0.15, -0.1) is 12.4 Å². The normalized spacial score (nSPS) is 12.4. The molecule has 2 heterocycles. The van der Waals surface area contributed by atoms with Crippen molar-refractivity contribution in [2.24, 2.45) is 0 Å². The Morgan fingerprint density at radius 3 is 2.49 bits per heavy atom. The average Bonchev–Trinajstić information content (AvgIpc) is 3.41. The summed E-state index contributed by atoms with van der Waals surface area (Å²) in [6.45, 7) is 4.63. The Labute approximate surface area is 227 Å². The minimum Gasteiger partial charge on any atom is -0.491 e. The van der Waals surface area contributed by atoms with Crippen LogP contribution in [0.25, 0.3) is 0 Å². The minimum atomic E-state index is -0.442. The molecular formula is C26H30Cl2N6O3. The molecule has 3 aromatic rings. The highest BCUT2D eigenvalue weighted by Gasteiger charge is 2.16. The molecule has 3 amide bonds. The lowest BCUT2D eigenvalue weighted by Crippen LogP contribution is -2.25. The molecule has 0 atom stereocenters. The lowest BCUT2D eigenvalue weighted by atomic mass is 10.2. The fourth-order valence-corrected chi connectivity index (χ4v) is 3.92. The number of nitrogens with zero attached hydrogens (tertiary/aromatic N) is 3. The van der Waals surface area contributed by atoms with Crippen molar-refractivity contribution < 1.29 is 14.3 Å². The molecule has 0 unspecified atom stereocenters. The van der Waals surface area contributed by atoms with E-state index in [9.17, 15) is 9.59 Å². The van der Waals surface area contributed by atoms with Crippen LogP contribution in [0.15, 0.2) is 54.9 Å². The predicted molar refractivity (Wildman–Crippen MR) is 148 cm³/mol. The number of hydrogen-bond acceptors (Lipinski definition) is 6. The maximum atomic E-state index is 12.6. The van der Waals surface area contributed by atoms with Gasteiger partial charge in [0.25, 0.3) is 5.91 Å². The van der Waals surface area contributed by atoms with Gasteiger partial charge in [0.1, 0.15) is 5.75 Å². The second-order valence-electron chi connectivity index (χ2n) is 8.46. The van der Waals surface area contributed by atoms with Crippen molar-refractivity contribution in [2.45, 2.75) is 26.2 Å². The monoisotopic (exact) mass is 544 g/mol. The van der Waals surface area contributed by atoms with E-state index in [1.165, 1.54) is 6.20 Å². The minimum absolute atomic E-state index is 0. The van der Waals surface area contributed by atoms with Crippen LogP contribution in [0.1, 0.15) is 35.3 Å². The summed E-state index contributed by atoms with van der Waals surface area (Å²) >= 11 is 5.88. The molecule has 0 radical (unpaired) electrons. The Morgan fingerprint density at radius 2 is 1.78 bits per heavy atom. The van der Waals surface area contributed by atoms with Crippen LogP contribution in [0.3, 0.4) is 0 Å². The zero-order chi connectivity index (χ0) is 25.3. The van der Waals surface area contributed by atoms with E-state index < -0.39 is 6.03 Å². The first kappa shape index (κ1) is 28.0. The third kappa shape index (κ3) is 8.23. The molecule has 0 bridgehead atoms. The summed E-state index contributed by atoms with van der Waals surface area (Å²) < 4.78 is 6.04. The van der Waals surface area contributed by atoms with Crippen LogP contribution < -0.4 is 25.6 Å². The molecular weight excluding hydrogens is 515 g/mol. The summed E-state index contributed by atoms with van der Waals surface area (Å²) in [7, 11) is 0. The van der Waals surface area contributed by atoms with Gasteiger partial charge in [0.2, 0.25) is 0 Å². The summed E-state index contributed by atoms with van der Waals surface area (Å²) in [4.78, 5) is 35.4. The van der Waals surface area contributed by atoms with Gasteiger partial charge < -0.3 is 20.3 Å². The van der Waals surface area contributed by atoms with Gasteiger partial charge in [-0.05, 0) is 62.6 Å². The molecule has 37 heavy (non-hydrogen) atoms. The summed E-state index contributed by atoms with van der Waals surface area (Å²) in [5.41, 5.74) is 2.91. The summed E-state index contributed by atoms with van der Waals surface area (Å²) in [6.07, 6.45) is 5.99.